The molecule has 15 heteroatoms. The van der Waals surface area contributed by atoms with E-state index in [1.54, 1.807) is 40.7 Å². The number of nitrogens with one attached hydrogen (secondary N) is 1. The van der Waals surface area contributed by atoms with E-state index in [9.17, 15) is 28.2 Å². The fourth-order valence-corrected chi connectivity index (χ4v) is 4.71. The number of aromatic nitrogens is 4. The Kier molecular flexibility index (Phi) is 8.97. The van der Waals surface area contributed by atoms with Gasteiger partial charge in [0.15, 0.2) is 17.5 Å². The minimum Gasteiger partial charge on any atom is -0.444 e. The first-order chi connectivity index (χ1) is 19.6. The quantitative estimate of drug-likeness (QED) is 0.330. The fourth-order valence-electron chi connectivity index (χ4n) is 4.71. The summed E-state index contributed by atoms with van der Waals surface area (Å²) in [5.41, 5.74) is -1.30. The molecule has 12 nitrogen and oxygen atoms in total. The molecule has 42 heavy (non-hydrogen) atoms. The molecule has 230 valence electrons. The number of amides is 1. The molecule has 1 aliphatic rings. The molecule has 1 aliphatic heterocycles. The Bertz CT molecular complexity index is 1380. The topological polar surface area (TPSA) is 154 Å². The SMILES string of the molecule is CO[C@@H]1[C@@H](n2cc(-c3cc(F)c(F)c(F)c3)nn2)[C@@H](O)[C@@H](CO)O[C@@H]1Cc1cc(C(C)(C)NC(=O)OC(C)(C)C)no1. The lowest BCUT2D eigenvalue weighted by Gasteiger charge is -2.43. The van der Waals surface area contributed by atoms with Crippen molar-refractivity contribution in [2.75, 3.05) is 13.7 Å². The molecule has 0 spiro atoms. The van der Waals surface area contributed by atoms with Crippen molar-refractivity contribution in [2.45, 2.75) is 82.6 Å². The average molecular weight is 598 g/mol. The van der Waals surface area contributed by atoms with E-state index in [1.165, 1.54) is 18.0 Å². The van der Waals surface area contributed by atoms with Crippen LogP contribution in [-0.2, 0) is 26.2 Å². The van der Waals surface area contributed by atoms with Crippen LogP contribution in [0.25, 0.3) is 11.3 Å². The molecule has 2 aromatic heterocycles. The highest BCUT2D eigenvalue weighted by Gasteiger charge is 2.47. The van der Waals surface area contributed by atoms with Crippen LogP contribution in [0, 0.1) is 17.5 Å². The maximum absolute atomic E-state index is 13.8. The summed E-state index contributed by atoms with van der Waals surface area (Å²) in [7, 11) is 1.39. The van der Waals surface area contributed by atoms with Crippen LogP contribution in [0.3, 0.4) is 0 Å². The molecule has 1 amide bonds. The number of nitrogens with zero attached hydrogens (tertiary/aromatic N) is 4. The summed E-state index contributed by atoms with van der Waals surface area (Å²) < 4.78 is 64.8. The summed E-state index contributed by atoms with van der Waals surface area (Å²) in [6.07, 6.45) is -3.28. The number of carbonyl (C=O) groups excluding carboxylic acids is 1. The van der Waals surface area contributed by atoms with Gasteiger partial charge in [-0.15, -0.1) is 5.10 Å². The minimum absolute atomic E-state index is 0.0121. The van der Waals surface area contributed by atoms with Crippen LogP contribution in [0.5, 0.6) is 0 Å². The third kappa shape index (κ3) is 6.75. The number of carbonyl (C=O) groups is 1. The van der Waals surface area contributed by atoms with Gasteiger partial charge >= 0.3 is 6.09 Å². The maximum Gasteiger partial charge on any atom is 0.408 e. The van der Waals surface area contributed by atoms with Crippen molar-refractivity contribution >= 4 is 6.09 Å². The van der Waals surface area contributed by atoms with Gasteiger partial charge in [-0.05, 0) is 46.8 Å². The molecule has 1 saturated heterocycles. The predicted molar refractivity (Wildman–Crippen MR) is 140 cm³/mol. The number of hydrogen-bond acceptors (Lipinski definition) is 10. The predicted octanol–water partition coefficient (Wildman–Crippen LogP) is 3.03. The normalized spacial score (nSPS) is 23.2. The van der Waals surface area contributed by atoms with Gasteiger partial charge in [0.05, 0.1) is 24.4 Å². The Balaban J connectivity index is 1.57. The van der Waals surface area contributed by atoms with E-state index in [0.29, 0.717) is 11.5 Å². The Hall–Kier alpha value is -3.53. The van der Waals surface area contributed by atoms with Gasteiger partial charge in [0.1, 0.15) is 47.1 Å². The largest absolute Gasteiger partial charge is 0.444 e. The first-order valence-corrected chi connectivity index (χ1v) is 13.1. The van der Waals surface area contributed by atoms with E-state index < -0.39 is 71.7 Å². The standard InChI is InChI=1S/C27H34F3N5O7/c1-26(2,3)41-25(38)31-27(4,5)20-10-14(42-33-20)9-18-24(39-6)22(23(37)19(12-36)40-18)35-11-17(32-34-35)13-7-15(28)21(30)16(29)8-13/h7-8,10-11,18-19,22-24,36-37H,9,12H2,1-6H3,(H,31,38)/t18-,19-,22+,23+,24+/m1/s1. The summed E-state index contributed by atoms with van der Waals surface area (Å²) in [4.78, 5) is 12.3. The number of hydrogen-bond donors (Lipinski definition) is 3. The van der Waals surface area contributed by atoms with E-state index in [2.05, 4.69) is 20.8 Å². The number of aliphatic hydroxyl groups is 2. The summed E-state index contributed by atoms with van der Waals surface area (Å²) in [6, 6.07) is 2.23. The van der Waals surface area contributed by atoms with Crippen molar-refractivity contribution in [3.8, 4) is 11.3 Å². The molecule has 0 aliphatic carbocycles. The van der Waals surface area contributed by atoms with Crippen LogP contribution in [0.4, 0.5) is 18.0 Å². The van der Waals surface area contributed by atoms with E-state index in [1.807, 2.05) is 0 Å². The van der Waals surface area contributed by atoms with Crippen molar-refractivity contribution < 1.29 is 46.9 Å². The van der Waals surface area contributed by atoms with Gasteiger partial charge in [-0.2, -0.15) is 0 Å². The van der Waals surface area contributed by atoms with Gasteiger partial charge in [-0.25, -0.2) is 22.6 Å². The van der Waals surface area contributed by atoms with E-state index in [0.717, 1.165) is 12.1 Å². The lowest BCUT2D eigenvalue weighted by Crippen LogP contribution is -2.57. The van der Waals surface area contributed by atoms with Crippen molar-refractivity contribution in [1.29, 1.82) is 0 Å². The number of halogens is 3. The number of aliphatic hydroxyl groups excluding tert-OH is 2. The number of methoxy groups -OCH3 is 1. The smallest absolute Gasteiger partial charge is 0.408 e. The molecular formula is C27H34F3N5O7. The van der Waals surface area contributed by atoms with Crippen LogP contribution in [0.1, 0.15) is 52.1 Å². The second-order valence-corrected chi connectivity index (χ2v) is 11.5. The van der Waals surface area contributed by atoms with Crippen molar-refractivity contribution in [1.82, 2.24) is 25.5 Å². The van der Waals surface area contributed by atoms with Crippen LogP contribution >= 0.6 is 0 Å². The Morgan fingerprint density at radius 2 is 1.79 bits per heavy atom. The second kappa shape index (κ2) is 12.0. The molecule has 1 aromatic carbocycles. The molecule has 3 N–H and O–H groups in total. The van der Waals surface area contributed by atoms with Gasteiger partial charge in [-0.1, -0.05) is 10.4 Å². The van der Waals surface area contributed by atoms with Crippen molar-refractivity contribution in [3.05, 3.63) is 53.3 Å². The number of ether oxygens (including phenoxy) is 3. The average Bonchev–Trinajstić information content (AvgIpc) is 3.56. The van der Waals surface area contributed by atoms with Gasteiger partial charge in [0.25, 0.3) is 0 Å². The van der Waals surface area contributed by atoms with E-state index in [4.69, 9.17) is 18.7 Å². The Morgan fingerprint density at radius 3 is 2.38 bits per heavy atom. The first kappa shape index (κ1) is 31.4. The highest BCUT2D eigenvalue weighted by atomic mass is 19.2. The molecule has 0 unspecified atom stereocenters. The van der Waals surface area contributed by atoms with Crippen LogP contribution in [-0.4, -0.2) is 80.2 Å². The molecule has 0 bridgehead atoms. The zero-order valence-electron chi connectivity index (χ0n) is 24.0. The van der Waals surface area contributed by atoms with Crippen molar-refractivity contribution in [2.24, 2.45) is 0 Å². The summed E-state index contributed by atoms with van der Waals surface area (Å²) in [6.45, 7) is 8.14. The van der Waals surface area contributed by atoms with Crippen LogP contribution < -0.4 is 5.32 Å². The zero-order chi connectivity index (χ0) is 31.0. The Labute approximate surface area is 239 Å². The lowest BCUT2D eigenvalue weighted by atomic mass is 9.90. The van der Waals surface area contributed by atoms with E-state index >= 15 is 0 Å². The number of alkyl carbamates (subject to hydrolysis) is 1. The summed E-state index contributed by atoms with van der Waals surface area (Å²) in [5.74, 6) is -4.04. The van der Waals surface area contributed by atoms with E-state index in [-0.39, 0.29) is 17.7 Å². The van der Waals surface area contributed by atoms with Gasteiger partial charge in [0, 0.05) is 25.2 Å². The van der Waals surface area contributed by atoms with Gasteiger partial charge in [0.2, 0.25) is 0 Å². The maximum atomic E-state index is 13.8. The minimum atomic E-state index is -1.61. The first-order valence-electron chi connectivity index (χ1n) is 13.1. The highest BCUT2D eigenvalue weighted by molar-refractivity contribution is 5.69. The molecule has 4 rings (SSSR count). The number of benzene rings is 1. The molecule has 3 heterocycles. The molecule has 0 radical (unpaired) electrons. The van der Waals surface area contributed by atoms with Crippen LogP contribution in [0.15, 0.2) is 28.9 Å². The summed E-state index contributed by atoms with van der Waals surface area (Å²) in [5, 5.41) is 35.7. The Morgan fingerprint density at radius 1 is 1.12 bits per heavy atom. The monoisotopic (exact) mass is 597 g/mol. The zero-order valence-corrected chi connectivity index (χ0v) is 24.0. The third-order valence-electron chi connectivity index (χ3n) is 6.75. The second-order valence-electron chi connectivity index (χ2n) is 11.5. The van der Waals surface area contributed by atoms with Gasteiger partial charge < -0.3 is 34.3 Å². The third-order valence-corrected chi connectivity index (χ3v) is 6.75. The highest BCUT2D eigenvalue weighted by Crippen LogP contribution is 2.35. The molecular weight excluding hydrogens is 563 g/mol. The molecule has 1 fully saturated rings. The molecule has 5 atom stereocenters. The molecule has 3 aromatic rings. The molecule has 0 saturated carbocycles. The van der Waals surface area contributed by atoms with Crippen molar-refractivity contribution in [3.63, 3.8) is 0 Å². The van der Waals surface area contributed by atoms with Crippen LogP contribution in [0.2, 0.25) is 0 Å². The van der Waals surface area contributed by atoms with Gasteiger partial charge in [-0.3, -0.25) is 0 Å². The fraction of sp³-hybridized carbons (Fsp3) is 0.556. The lowest BCUT2D eigenvalue weighted by molar-refractivity contribution is -0.212. The summed E-state index contributed by atoms with van der Waals surface area (Å²) >= 11 is 0. The number of rotatable bonds is 8.